The van der Waals surface area contributed by atoms with Gasteiger partial charge in [-0.3, -0.25) is 9.69 Å². The minimum atomic E-state index is -0.582. The second-order valence-electron chi connectivity index (χ2n) is 7.62. The van der Waals surface area contributed by atoms with Crippen molar-refractivity contribution in [2.75, 3.05) is 20.1 Å². The third-order valence-corrected chi connectivity index (χ3v) is 6.01. The Morgan fingerprint density at radius 3 is 2.18 bits per heavy atom. The van der Waals surface area contributed by atoms with Crippen molar-refractivity contribution in [2.45, 2.75) is 70.9 Å². The highest BCUT2D eigenvalue weighted by Gasteiger charge is 2.42. The van der Waals surface area contributed by atoms with Crippen molar-refractivity contribution in [3.05, 3.63) is 0 Å². The largest absolute Gasteiger partial charge is 0.326 e. The van der Waals surface area contributed by atoms with Gasteiger partial charge in [0, 0.05) is 7.05 Å². The van der Waals surface area contributed by atoms with Crippen LogP contribution in [0.1, 0.15) is 59.3 Å². The summed E-state index contributed by atoms with van der Waals surface area (Å²) in [6.07, 6.45) is 6.05. The number of carbonyl (C=O) groups is 1. The van der Waals surface area contributed by atoms with Crippen molar-refractivity contribution >= 4 is 5.91 Å². The zero-order chi connectivity index (χ0) is 16.3. The van der Waals surface area contributed by atoms with Gasteiger partial charge in [0.1, 0.15) is 5.54 Å². The third kappa shape index (κ3) is 3.46. The number of piperidine rings is 1. The molecule has 0 radical (unpaired) electrons. The van der Waals surface area contributed by atoms with Gasteiger partial charge >= 0.3 is 0 Å². The van der Waals surface area contributed by atoms with Crippen LogP contribution in [-0.4, -0.2) is 47.4 Å². The first-order valence-electron chi connectivity index (χ1n) is 8.82. The number of hydrogen-bond acceptors (Lipinski definition) is 3. The van der Waals surface area contributed by atoms with E-state index in [-0.39, 0.29) is 11.9 Å². The predicted octanol–water partition coefficient (Wildman–Crippen LogP) is 3.04. The Labute approximate surface area is 135 Å². The summed E-state index contributed by atoms with van der Waals surface area (Å²) in [6.45, 7) is 8.52. The molecule has 1 atom stereocenters. The average molecular weight is 305 g/mol. The van der Waals surface area contributed by atoms with E-state index in [1.165, 1.54) is 12.8 Å². The molecule has 124 valence electrons. The van der Waals surface area contributed by atoms with E-state index >= 15 is 0 Å². The Kier molecular flexibility index (Phi) is 5.50. The van der Waals surface area contributed by atoms with Crippen LogP contribution in [0, 0.1) is 23.2 Å². The molecule has 2 fully saturated rings. The van der Waals surface area contributed by atoms with E-state index in [2.05, 4.69) is 24.8 Å². The highest BCUT2D eigenvalue weighted by atomic mass is 16.2. The summed E-state index contributed by atoms with van der Waals surface area (Å²) in [5.41, 5.74) is -0.582. The fourth-order valence-electron chi connectivity index (χ4n) is 3.83. The highest BCUT2D eigenvalue weighted by Crippen LogP contribution is 2.36. The molecule has 1 aliphatic carbocycles. The van der Waals surface area contributed by atoms with Gasteiger partial charge in [0.25, 0.3) is 0 Å². The molecule has 0 N–H and O–H groups in total. The van der Waals surface area contributed by atoms with Crippen molar-refractivity contribution in [3.63, 3.8) is 0 Å². The number of amides is 1. The van der Waals surface area contributed by atoms with Crippen LogP contribution in [0.3, 0.4) is 0 Å². The zero-order valence-corrected chi connectivity index (χ0v) is 14.6. The van der Waals surface area contributed by atoms with E-state index < -0.39 is 5.54 Å². The molecule has 2 rings (SSSR count). The summed E-state index contributed by atoms with van der Waals surface area (Å²) >= 11 is 0. The number of nitriles is 1. The molecule has 0 spiro atoms. The molecule has 0 aromatic carbocycles. The van der Waals surface area contributed by atoms with Crippen LogP contribution in [0.5, 0.6) is 0 Å². The molecule has 1 unspecified atom stereocenters. The number of likely N-dealkylation sites (tertiary alicyclic amines) is 1. The fourth-order valence-corrected chi connectivity index (χ4v) is 3.83. The summed E-state index contributed by atoms with van der Waals surface area (Å²) in [7, 11) is 1.84. The summed E-state index contributed by atoms with van der Waals surface area (Å²) in [5.74, 6) is 1.55. The fraction of sp³-hybridized carbons (Fsp3) is 0.889. The van der Waals surface area contributed by atoms with Crippen LogP contribution in [0.2, 0.25) is 0 Å². The molecule has 2 aliphatic rings. The van der Waals surface area contributed by atoms with E-state index in [0.717, 1.165) is 44.7 Å². The van der Waals surface area contributed by atoms with Gasteiger partial charge in [0.15, 0.2) is 0 Å². The molecule has 1 heterocycles. The van der Waals surface area contributed by atoms with Gasteiger partial charge in [-0.1, -0.05) is 13.8 Å². The molecule has 0 bridgehead atoms. The molecule has 1 aliphatic heterocycles. The van der Waals surface area contributed by atoms with Crippen LogP contribution in [0.25, 0.3) is 0 Å². The van der Waals surface area contributed by atoms with Gasteiger partial charge in [-0.2, -0.15) is 5.26 Å². The summed E-state index contributed by atoms with van der Waals surface area (Å²) in [6, 6.07) is 2.36. The van der Waals surface area contributed by atoms with E-state index in [4.69, 9.17) is 0 Å². The molecule has 4 nitrogen and oxygen atoms in total. The van der Waals surface area contributed by atoms with Gasteiger partial charge in [-0.15, -0.1) is 0 Å². The maximum Gasteiger partial charge on any atom is 0.240 e. The quantitative estimate of drug-likeness (QED) is 0.805. The monoisotopic (exact) mass is 305 g/mol. The second-order valence-corrected chi connectivity index (χ2v) is 7.62. The summed E-state index contributed by atoms with van der Waals surface area (Å²) in [5, 5.41) is 9.72. The summed E-state index contributed by atoms with van der Waals surface area (Å²) < 4.78 is 0. The predicted molar refractivity (Wildman–Crippen MR) is 88.2 cm³/mol. The standard InChI is InChI=1S/C18H31N3O/c1-14-5-9-18(13-19,10-6-14)20(4)17(22)16(3)21-11-7-15(2)8-12-21/h14-16H,5-12H2,1-4H3. The Hall–Kier alpha value is -1.08. The first-order chi connectivity index (χ1) is 10.4. The number of rotatable bonds is 3. The third-order valence-electron chi connectivity index (χ3n) is 6.01. The van der Waals surface area contributed by atoms with Crippen LogP contribution < -0.4 is 0 Å². The smallest absolute Gasteiger partial charge is 0.240 e. The topological polar surface area (TPSA) is 47.3 Å². The molecule has 1 saturated carbocycles. The lowest BCUT2D eigenvalue weighted by Crippen LogP contribution is -2.56. The van der Waals surface area contributed by atoms with Crippen molar-refractivity contribution in [2.24, 2.45) is 11.8 Å². The minimum Gasteiger partial charge on any atom is -0.326 e. The van der Waals surface area contributed by atoms with E-state index in [0.29, 0.717) is 5.92 Å². The first kappa shape index (κ1) is 17.3. The maximum atomic E-state index is 12.9. The minimum absolute atomic E-state index is 0.109. The Balaban J connectivity index is 2.02. The lowest BCUT2D eigenvalue weighted by molar-refractivity contribution is -0.141. The van der Waals surface area contributed by atoms with Crippen LogP contribution in [0.15, 0.2) is 0 Å². The zero-order valence-electron chi connectivity index (χ0n) is 14.6. The lowest BCUT2D eigenvalue weighted by atomic mass is 9.77. The second kappa shape index (κ2) is 7.00. The van der Waals surface area contributed by atoms with Crippen LogP contribution in [-0.2, 0) is 4.79 Å². The van der Waals surface area contributed by atoms with Crippen molar-refractivity contribution in [3.8, 4) is 6.07 Å². The molecular formula is C18H31N3O. The normalized spacial score (nSPS) is 32.2. The number of hydrogen-bond donors (Lipinski definition) is 0. The van der Waals surface area contributed by atoms with Crippen LogP contribution >= 0.6 is 0 Å². The molecule has 4 heteroatoms. The Morgan fingerprint density at radius 2 is 1.68 bits per heavy atom. The van der Waals surface area contributed by atoms with Crippen LogP contribution in [0.4, 0.5) is 0 Å². The number of likely N-dealkylation sites (N-methyl/N-ethyl adjacent to an activating group) is 1. The van der Waals surface area contributed by atoms with Gasteiger partial charge in [-0.25, -0.2) is 0 Å². The van der Waals surface area contributed by atoms with Crippen molar-refractivity contribution in [1.29, 1.82) is 5.26 Å². The van der Waals surface area contributed by atoms with E-state index in [9.17, 15) is 10.1 Å². The maximum absolute atomic E-state index is 12.9. The number of carbonyl (C=O) groups excluding carboxylic acids is 1. The Morgan fingerprint density at radius 1 is 1.18 bits per heavy atom. The van der Waals surface area contributed by atoms with Crippen molar-refractivity contribution < 1.29 is 4.79 Å². The molecule has 0 aromatic rings. The Bertz CT molecular complexity index is 426. The highest BCUT2D eigenvalue weighted by molar-refractivity contribution is 5.82. The summed E-state index contributed by atoms with van der Waals surface area (Å²) in [4.78, 5) is 17.0. The SMILES string of the molecule is CC1CCN(C(C)C(=O)N(C)C2(C#N)CCC(C)CC2)CC1. The molecule has 22 heavy (non-hydrogen) atoms. The molecular weight excluding hydrogens is 274 g/mol. The molecule has 1 amide bonds. The van der Waals surface area contributed by atoms with E-state index in [1.807, 2.05) is 14.0 Å². The van der Waals surface area contributed by atoms with Gasteiger partial charge in [0.05, 0.1) is 12.1 Å². The number of nitrogens with zero attached hydrogens (tertiary/aromatic N) is 3. The van der Waals surface area contributed by atoms with Crippen molar-refractivity contribution in [1.82, 2.24) is 9.80 Å². The van der Waals surface area contributed by atoms with E-state index in [1.54, 1.807) is 4.90 Å². The average Bonchev–Trinajstić information content (AvgIpc) is 2.54. The van der Waals surface area contributed by atoms with Gasteiger partial charge in [0.2, 0.25) is 5.91 Å². The molecule has 0 aromatic heterocycles. The lowest BCUT2D eigenvalue weighted by Gasteiger charge is -2.43. The van der Waals surface area contributed by atoms with Gasteiger partial charge in [-0.05, 0) is 70.4 Å². The molecule has 1 saturated heterocycles. The van der Waals surface area contributed by atoms with Gasteiger partial charge < -0.3 is 4.90 Å². The first-order valence-corrected chi connectivity index (χ1v) is 8.82.